The Kier molecular flexibility index (Phi) is 4.13. The second kappa shape index (κ2) is 6.22. The third kappa shape index (κ3) is 2.71. The predicted octanol–water partition coefficient (Wildman–Crippen LogP) is 1.92. The van der Waals surface area contributed by atoms with Crippen molar-refractivity contribution >= 4 is 11.7 Å². The molecule has 22 heavy (non-hydrogen) atoms. The number of carbonyl (C=O) groups is 2. The molecule has 0 saturated heterocycles. The Bertz CT molecular complexity index is 618. The van der Waals surface area contributed by atoms with E-state index >= 15 is 0 Å². The second-order valence-corrected chi connectivity index (χ2v) is 5.79. The zero-order valence-corrected chi connectivity index (χ0v) is 12.4. The van der Waals surface area contributed by atoms with Gasteiger partial charge in [-0.3, -0.25) is 9.59 Å². The fourth-order valence-electron chi connectivity index (χ4n) is 3.10. The number of nitrogens with one attached hydrogen (secondary N) is 1. The van der Waals surface area contributed by atoms with E-state index in [0.717, 1.165) is 25.7 Å². The molecule has 1 fully saturated rings. The van der Waals surface area contributed by atoms with Gasteiger partial charge in [0.15, 0.2) is 5.78 Å². The van der Waals surface area contributed by atoms with Crippen LogP contribution in [0.25, 0.3) is 0 Å². The Labute approximate surface area is 129 Å². The largest absolute Gasteiger partial charge is 0.475 e. The minimum absolute atomic E-state index is 0.163. The van der Waals surface area contributed by atoms with Gasteiger partial charge in [0.05, 0.1) is 11.1 Å². The van der Waals surface area contributed by atoms with Crippen LogP contribution in [0.4, 0.5) is 0 Å². The van der Waals surface area contributed by atoms with Gasteiger partial charge in [-0.2, -0.15) is 0 Å². The minimum Gasteiger partial charge on any atom is -0.475 e. The number of nitrogens with two attached hydrogens (primary N) is 1. The number of amides is 1. The lowest BCUT2D eigenvalue weighted by atomic mass is 9.93. The summed E-state index contributed by atoms with van der Waals surface area (Å²) in [6.07, 6.45) is 5.63. The highest BCUT2D eigenvalue weighted by atomic mass is 16.5. The standard InChI is InChI=1S/C17H20N2O3/c18-10-13-15(20)12-8-4-5-9-14(12)22-16(13)17(21)19-11-6-2-1-3-7-11/h4-5,8-11,16H,1-3,6-7,18H2,(H,19,21)/b13-10+. The van der Waals surface area contributed by atoms with Crippen molar-refractivity contribution < 1.29 is 14.3 Å². The molecule has 116 valence electrons. The molecule has 1 atom stereocenters. The van der Waals surface area contributed by atoms with Gasteiger partial charge in [0.2, 0.25) is 6.10 Å². The fraction of sp³-hybridized carbons (Fsp3) is 0.412. The molecule has 2 aliphatic rings. The number of carbonyl (C=O) groups excluding carboxylic acids is 2. The van der Waals surface area contributed by atoms with E-state index in [4.69, 9.17) is 10.5 Å². The van der Waals surface area contributed by atoms with Crippen LogP contribution < -0.4 is 15.8 Å². The van der Waals surface area contributed by atoms with E-state index in [2.05, 4.69) is 5.32 Å². The first-order chi connectivity index (χ1) is 10.7. The number of ether oxygens (including phenoxy) is 1. The second-order valence-electron chi connectivity index (χ2n) is 5.79. The summed E-state index contributed by atoms with van der Waals surface area (Å²) >= 11 is 0. The SMILES string of the molecule is N/C=C1\C(=O)c2ccccc2OC1C(=O)NC1CCCCC1. The maximum atomic E-state index is 12.5. The average molecular weight is 300 g/mol. The van der Waals surface area contributed by atoms with Crippen LogP contribution >= 0.6 is 0 Å². The minimum atomic E-state index is -0.964. The molecule has 1 saturated carbocycles. The summed E-state index contributed by atoms with van der Waals surface area (Å²) in [6, 6.07) is 7.07. The molecule has 0 spiro atoms. The molecular weight excluding hydrogens is 280 g/mol. The smallest absolute Gasteiger partial charge is 0.266 e. The number of ketones is 1. The van der Waals surface area contributed by atoms with Crippen molar-refractivity contribution in [2.75, 3.05) is 0 Å². The van der Waals surface area contributed by atoms with Gasteiger partial charge in [0.1, 0.15) is 5.75 Å². The quantitative estimate of drug-likeness (QED) is 0.818. The van der Waals surface area contributed by atoms with Crippen LogP contribution in [0, 0.1) is 0 Å². The average Bonchev–Trinajstić information content (AvgIpc) is 2.55. The van der Waals surface area contributed by atoms with E-state index in [0.29, 0.717) is 11.3 Å². The zero-order valence-electron chi connectivity index (χ0n) is 12.4. The van der Waals surface area contributed by atoms with Gasteiger partial charge >= 0.3 is 0 Å². The van der Waals surface area contributed by atoms with Crippen LogP contribution in [-0.2, 0) is 4.79 Å². The van der Waals surface area contributed by atoms with Crippen LogP contribution in [0.1, 0.15) is 42.5 Å². The monoisotopic (exact) mass is 300 g/mol. The molecule has 1 aliphatic carbocycles. The summed E-state index contributed by atoms with van der Waals surface area (Å²) in [4.78, 5) is 25.0. The van der Waals surface area contributed by atoms with Gasteiger partial charge in [0, 0.05) is 12.2 Å². The summed E-state index contributed by atoms with van der Waals surface area (Å²) in [5, 5.41) is 2.99. The number of benzene rings is 1. The first-order valence-corrected chi connectivity index (χ1v) is 7.73. The van der Waals surface area contributed by atoms with Gasteiger partial charge in [0.25, 0.3) is 5.91 Å². The van der Waals surface area contributed by atoms with E-state index in [-0.39, 0.29) is 23.3 Å². The van der Waals surface area contributed by atoms with E-state index < -0.39 is 6.10 Å². The van der Waals surface area contributed by atoms with Gasteiger partial charge in [-0.25, -0.2) is 0 Å². The molecule has 0 radical (unpaired) electrons. The molecule has 5 heteroatoms. The highest BCUT2D eigenvalue weighted by Gasteiger charge is 2.37. The Morgan fingerprint density at radius 1 is 1.23 bits per heavy atom. The summed E-state index contributed by atoms with van der Waals surface area (Å²) in [7, 11) is 0. The van der Waals surface area contributed by atoms with E-state index in [1.807, 2.05) is 0 Å². The van der Waals surface area contributed by atoms with Crippen molar-refractivity contribution in [1.82, 2.24) is 5.32 Å². The molecule has 3 rings (SSSR count). The maximum absolute atomic E-state index is 12.5. The Morgan fingerprint density at radius 3 is 2.68 bits per heavy atom. The summed E-state index contributed by atoms with van der Waals surface area (Å²) in [5.41, 5.74) is 6.22. The highest BCUT2D eigenvalue weighted by Crippen LogP contribution is 2.30. The summed E-state index contributed by atoms with van der Waals surface area (Å²) < 4.78 is 5.73. The molecule has 1 unspecified atom stereocenters. The first-order valence-electron chi connectivity index (χ1n) is 7.73. The number of fused-ring (bicyclic) bond motifs is 1. The third-order valence-electron chi connectivity index (χ3n) is 4.29. The van der Waals surface area contributed by atoms with Gasteiger partial charge in [-0.05, 0) is 25.0 Å². The number of hydrogen-bond donors (Lipinski definition) is 2. The van der Waals surface area contributed by atoms with Crippen molar-refractivity contribution in [3.8, 4) is 5.75 Å². The topological polar surface area (TPSA) is 81.4 Å². The molecule has 0 aromatic heterocycles. The number of Topliss-reactive ketones (excluding diaryl/α,β-unsaturated/α-hetero) is 1. The molecule has 1 heterocycles. The summed E-state index contributed by atoms with van der Waals surface area (Å²) in [5.74, 6) is -0.0958. The number of rotatable bonds is 2. The van der Waals surface area contributed by atoms with Crippen LogP contribution in [0.5, 0.6) is 5.75 Å². The lowest BCUT2D eigenvalue weighted by Crippen LogP contribution is -2.48. The van der Waals surface area contributed by atoms with Crippen molar-refractivity contribution in [2.24, 2.45) is 5.73 Å². The highest BCUT2D eigenvalue weighted by molar-refractivity contribution is 6.15. The zero-order chi connectivity index (χ0) is 15.5. The Morgan fingerprint density at radius 2 is 1.95 bits per heavy atom. The lowest BCUT2D eigenvalue weighted by molar-refractivity contribution is -0.127. The van der Waals surface area contributed by atoms with E-state index in [9.17, 15) is 9.59 Å². The molecular formula is C17H20N2O3. The molecule has 1 aliphatic heterocycles. The van der Waals surface area contributed by atoms with Crippen molar-refractivity contribution in [3.05, 3.63) is 41.6 Å². The molecule has 1 aromatic rings. The van der Waals surface area contributed by atoms with Crippen LogP contribution in [0.2, 0.25) is 0 Å². The normalized spacial score (nSPS) is 23.7. The molecule has 1 aromatic carbocycles. The molecule has 0 bridgehead atoms. The molecule has 1 amide bonds. The van der Waals surface area contributed by atoms with Gasteiger partial charge < -0.3 is 15.8 Å². The van der Waals surface area contributed by atoms with Gasteiger partial charge in [-0.1, -0.05) is 31.4 Å². The van der Waals surface area contributed by atoms with Crippen molar-refractivity contribution in [3.63, 3.8) is 0 Å². The lowest BCUT2D eigenvalue weighted by Gasteiger charge is -2.29. The number of hydrogen-bond acceptors (Lipinski definition) is 4. The van der Waals surface area contributed by atoms with Crippen molar-refractivity contribution in [1.29, 1.82) is 0 Å². The van der Waals surface area contributed by atoms with E-state index in [1.165, 1.54) is 12.6 Å². The molecule has 5 nitrogen and oxygen atoms in total. The Hall–Kier alpha value is -2.30. The third-order valence-corrected chi connectivity index (χ3v) is 4.29. The van der Waals surface area contributed by atoms with Crippen LogP contribution in [-0.4, -0.2) is 23.8 Å². The van der Waals surface area contributed by atoms with Crippen molar-refractivity contribution in [2.45, 2.75) is 44.2 Å². The van der Waals surface area contributed by atoms with Crippen LogP contribution in [0.3, 0.4) is 0 Å². The Balaban J connectivity index is 1.80. The first kappa shape index (κ1) is 14.6. The predicted molar refractivity (Wildman–Crippen MR) is 82.5 cm³/mol. The van der Waals surface area contributed by atoms with Crippen LogP contribution in [0.15, 0.2) is 36.0 Å². The summed E-state index contributed by atoms with van der Waals surface area (Å²) in [6.45, 7) is 0. The van der Waals surface area contributed by atoms with Gasteiger partial charge in [-0.15, -0.1) is 0 Å². The number of para-hydroxylation sites is 1. The fourth-order valence-corrected chi connectivity index (χ4v) is 3.10. The molecule has 3 N–H and O–H groups in total. The maximum Gasteiger partial charge on any atom is 0.266 e. The van der Waals surface area contributed by atoms with E-state index in [1.54, 1.807) is 24.3 Å².